The predicted octanol–water partition coefficient (Wildman–Crippen LogP) is 8.51. The van der Waals surface area contributed by atoms with Gasteiger partial charge in [0.1, 0.15) is 5.60 Å². The minimum Gasteiger partial charge on any atom is -0.444 e. The van der Waals surface area contributed by atoms with Gasteiger partial charge in [-0.05, 0) is 105 Å². The number of fused-ring (bicyclic) bond motifs is 1. The molecule has 7 nitrogen and oxygen atoms in total. The van der Waals surface area contributed by atoms with E-state index >= 15 is 0 Å². The van der Waals surface area contributed by atoms with Gasteiger partial charge in [0, 0.05) is 37.4 Å². The second kappa shape index (κ2) is 12.6. The summed E-state index contributed by atoms with van der Waals surface area (Å²) in [6.45, 7) is 20.9. The fourth-order valence-corrected chi connectivity index (χ4v) is 9.27. The summed E-state index contributed by atoms with van der Waals surface area (Å²) in [6.07, 6.45) is 2.58. The first-order valence-corrected chi connectivity index (χ1v) is 20.7. The molecule has 1 aliphatic carbocycles. The molecule has 48 heavy (non-hydrogen) atoms. The smallest absolute Gasteiger partial charge is 0.407 e. The quantitative estimate of drug-likeness (QED) is 0.244. The third-order valence-corrected chi connectivity index (χ3v) is 15.9. The van der Waals surface area contributed by atoms with Gasteiger partial charge in [-0.2, -0.15) is 0 Å². The Labute approximate surface area is 288 Å². The Morgan fingerprint density at radius 2 is 1.65 bits per heavy atom. The Kier molecular flexibility index (Phi) is 9.09. The summed E-state index contributed by atoms with van der Waals surface area (Å²) >= 11 is 0. The Bertz CT molecular complexity index is 1680. The Balaban J connectivity index is 1.21. The number of carbonyl (C=O) groups excluding carboxylic acids is 2. The van der Waals surface area contributed by atoms with E-state index < -0.39 is 25.4 Å². The summed E-state index contributed by atoms with van der Waals surface area (Å²) in [5.41, 5.74) is 3.59. The van der Waals surface area contributed by atoms with Crippen molar-refractivity contribution in [3.8, 4) is 0 Å². The molecule has 6 rings (SSSR count). The van der Waals surface area contributed by atoms with Crippen LogP contribution in [0.2, 0.25) is 18.1 Å². The van der Waals surface area contributed by atoms with Crippen LogP contribution in [0.25, 0.3) is 10.8 Å². The van der Waals surface area contributed by atoms with Crippen molar-refractivity contribution in [3.05, 3.63) is 77.4 Å². The lowest BCUT2D eigenvalue weighted by atomic mass is 9.78. The molecule has 1 fully saturated rings. The molecule has 0 radical (unpaired) electrons. The SMILES string of the molecule is CC(C)(C)OC(=O)NCC(CC1(C)C(=O)N(C2CCN(C3Cc4cccc5cccc3c45)CC2)c2ccccc21)O[Si](C)(C)C(C)(C)C. The number of hydrogen-bond donors (Lipinski definition) is 1. The number of nitrogens with zero attached hydrogens (tertiary/aromatic N) is 2. The van der Waals surface area contributed by atoms with Crippen molar-refractivity contribution >= 4 is 36.8 Å². The summed E-state index contributed by atoms with van der Waals surface area (Å²) in [5, 5.41) is 5.71. The highest BCUT2D eigenvalue weighted by molar-refractivity contribution is 6.74. The Hall–Kier alpha value is -3.20. The van der Waals surface area contributed by atoms with Crippen LogP contribution in [0.3, 0.4) is 0 Å². The molecular formula is C40H55N3O4Si. The van der Waals surface area contributed by atoms with Crippen LogP contribution in [0.4, 0.5) is 10.5 Å². The number of para-hydroxylation sites is 1. The monoisotopic (exact) mass is 669 g/mol. The number of benzene rings is 3. The van der Waals surface area contributed by atoms with Crippen LogP contribution >= 0.6 is 0 Å². The largest absolute Gasteiger partial charge is 0.444 e. The molecule has 0 saturated carbocycles. The van der Waals surface area contributed by atoms with Crippen molar-refractivity contribution in [3.63, 3.8) is 0 Å². The number of alkyl carbamates (subject to hydrolysis) is 1. The van der Waals surface area contributed by atoms with Gasteiger partial charge in [-0.3, -0.25) is 9.69 Å². The number of likely N-dealkylation sites (tertiary alicyclic amines) is 1. The first kappa shape index (κ1) is 34.7. The molecule has 8 heteroatoms. The van der Waals surface area contributed by atoms with E-state index in [9.17, 15) is 9.59 Å². The maximum absolute atomic E-state index is 14.8. The van der Waals surface area contributed by atoms with Crippen molar-refractivity contribution in [1.29, 1.82) is 0 Å². The Morgan fingerprint density at radius 1 is 0.979 bits per heavy atom. The van der Waals surface area contributed by atoms with Crippen molar-refractivity contribution in [2.45, 2.75) is 121 Å². The number of rotatable bonds is 8. The van der Waals surface area contributed by atoms with E-state index in [4.69, 9.17) is 9.16 Å². The molecule has 258 valence electrons. The summed E-state index contributed by atoms with van der Waals surface area (Å²) in [5.74, 6) is 0.140. The standard InChI is InChI=1S/C40H55N3O4Si/c1-38(2,3)46-37(45)41-26-30(47-48(8,9)39(4,5)6)25-40(7)32-18-10-11-19-33(32)43(36(40)44)29-20-22-42(23-21-29)34-24-28-16-12-14-27-15-13-17-31(34)35(27)28/h10-19,29-30,34H,20-26H2,1-9H3,(H,41,45). The molecule has 2 aliphatic heterocycles. The molecule has 3 unspecified atom stereocenters. The third kappa shape index (κ3) is 6.56. The molecule has 0 aromatic heterocycles. The summed E-state index contributed by atoms with van der Waals surface area (Å²) < 4.78 is 12.5. The van der Waals surface area contributed by atoms with E-state index in [2.05, 4.69) is 104 Å². The van der Waals surface area contributed by atoms with Crippen LogP contribution in [0.15, 0.2) is 60.7 Å². The van der Waals surface area contributed by atoms with Gasteiger partial charge < -0.3 is 19.4 Å². The van der Waals surface area contributed by atoms with Gasteiger partial charge in [0.05, 0.1) is 11.5 Å². The molecule has 3 aliphatic rings. The lowest BCUT2D eigenvalue weighted by Crippen LogP contribution is -2.52. The lowest BCUT2D eigenvalue weighted by molar-refractivity contribution is -0.124. The Morgan fingerprint density at radius 3 is 2.31 bits per heavy atom. The molecule has 0 spiro atoms. The van der Waals surface area contributed by atoms with Crippen LogP contribution in [0.1, 0.15) is 90.5 Å². The first-order chi connectivity index (χ1) is 22.5. The zero-order chi connectivity index (χ0) is 34.6. The number of nitrogens with one attached hydrogen (secondary N) is 1. The molecule has 0 bridgehead atoms. The zero-order valence-electron chi connectivity index (χ0n) is 30.5. The maximum Gasteiger partial charge on any atom is 0.407 e. The van der Waals surface area contributed by atoms with E-state index in [1.807, 2.05) is 32.9 Å². The lowest BCUT2D eigenvalue weighted by Gasteiger charge is -2.42. The molecular weight excluding hydrogens is 615 g/mol. The first-order valence-electron chi connectivity index (χ1n) is 17.8. The van der Waals surface area contributed by atoms with Crippen molar-refractivity contribution in [2.24, 2.45) is 0 Å². The molecule has 3 atom stereocenters. The number of ether oxygens (including phenoxy) is 1. The molecule has 1 saturated heterocycles. The van der Waals surface area contributed by atoms with Crippen LogP contribution in [-0.2, 0) is 25.8 Å². The van der Waals surface area contributed by atoms with Crippen LogP contribution in [0, 0.1) is 0 Å². The topological polar surface area (TPSA) is 71.1 Å². The van der Waals surface area contributed by atoms with Gasteiger partial charge in [-0.15, -0.1) is 0 Å². The van der Waals surface area contributed by atoms with Crippen LogP contribution in [-0.4, -0.2) is 62.6 Å². The van der Waals surface area contributed by atoms with Gasteiger partial charge in [0.15, 0.2) is 8.32 Å². The van der Waals surface area contributed by atoms with Gasteiger partial charge >= 0.3 is 6.09 Å². The average Bonchev–Trinajstić information content (AvgIpc) is 3.49. The molecule has 2 amide bonds. The number of hydrogen-bond acceptors (Lipinski definition) is 5. The minimum absolute atomic E-state index is 0.0259. The zero-order valence-corrected chi connectivity index (χ0v) is 31.5. The summed E-state index contributed by atoms with van der Waals surface area (Å²) in [4.78, 5) is 32.3. The normalized spacial score (nSPS) is 22.6. The van der Waals surface area contributed by atoms with Crippen LogP contribution in [0.5, 0.6) is 0 Å². The number of anilines is 1. The third-order valence-electron chi connectivity index (χ3n) is 11.3. The van der Waals surface area contributed by atoms with E-state index in [0.29, 0.717) is 12.5 Å². The number of carbonyl (C=O) groups is 2. The molecule has 3 aromatic carbocycles. The minimum atomic E-state index is -2.24. The van der Waals surface area contributed by atoms with Crippen LogP contribution < -0.4 is 10.2 Å². The predicted molar refractivity (Wildman–Crippen MR) is 197 cm³/mol. The van der Waals surface area contributed by atoms with E-state index in [1.165, 1.54) is 21.9 Å². The second-order valence-corrected chi connectivity index (χ2v) is 21.7. The van der Waals surface area contributed by atoms with Crippen molar-refractivity contribution in [2.75, 3.05) is 24.5 Å². The highest BCUT2D eigenvalue weighted by atomic mass is 28.4. The van der Waals surface area contributed by atoms with Gasteiger partial charge in [0.25, 0.3) is 0 Å². The summed E-state index contributed by atoms with van der Waals surface area (Å²) in [7, 11) is -2.24. The van der Waals surface area contributed by atoms with Crippen molar-refractivity contribution < 1.29 is 18.8 Å². The summed E-state index contributed by atoms with van der Waals surface area (Å²) in [6, 6.07) is 22.2. The second-order valence-electron chi connectivity index (χ2n) is 17.0. The fraction of sp³-hybridized carbons (Fsp3) is 0.550. The molecule has 3 aromatic rings. The van der Waals surface area contributed by atoms with Gasteiger partial charge in [-0.25, -0.2) is 4.79 Å². The molecule has 1 N–H and O–H groups in total. The van der Waals surface area contributed by atoms with E-state index in [0.717, 1.165) is 43.6 Å². The maximum atomic E-state index is 14.8. The van der Waals surface area contributed by atoms with E-state index in [1.54, 1.807) is 0 Å². The fourth-order valence-electron chi connectivity index (χ4n) is 7.91. The number of amides is 2. The van der Waals surface area contributed by atoms with E-state index in [-0.39, 0.29) is 29.6 Å². The highest BCUT2D eigenvalue weighted by Crippen LogP contribution is 2.48. The van der Waals surface area contributed by atoms with Crippen molar-refractivity contribution in [1.82, 2.24) is 10.2 Å². The average molecular weight is 670 g/mol. The highest BCUT2D eigenvalue weighted by Gasteiger charge is 2.52. The van der Waals surface area contributed by atoms with Gasteiger partial charge in [0.2, 0.25) is 5.91 Å². The van der Waals surface area contributed by atoms with Gasteiger partial charge in [-0.1, -0.05) is 75.4 Å². The number of piperidine rings is 1. The molecule has 2 heterocycles.